The number of amides is 2. The molecule has 5 rings (SSSR count). The Morgan fingerprint density at radius 1 is 0.816 bits per heavy atom. The van der Waals surface area contributed by atoms with Crippen LogP contribution in [-0.2, 0) is 6.54 Å². The minimum absolute atomic E-state index is 0.0668. The summed E-state index contributed by atoms with van der Waals surface area (Å²) in [7, 11) is 0. The molecule has 8 nitrogen and oxygen atoms in total. The van der Waals surface area contributed by atoms with Gasteiger partial charge in [-0.15, -0.1) is 0 Å². The van der Waals surface area contributed by atoms with Crippen LogP contribution in [0.4, 0.5) is 21.9 Å². The van der Waals surface area contributed by atoms with Gasteiger partial charge in [0, 0.05) is 62.5 Å². The summed E-state index contributed by atoms with van der Waals surface area (Å²) in [4.78, 5) is 19.8. The largest absolute Gasteiger partial charge is 0.508 e. The molecule has 3 aromatic rings. The van der Waals surface area contributed by atoms with Crippen molar-refractivity contribution in [1.82, 2.24) is 15.8 Å². The number of carbonyl (C=O) groups excluding carboxylic acids is 1. The molecule has 8 heteroatoms. The molecule has 2 aliphatic rings. The second-order valence-electron chi connectivity index (χ2n) is 9.87. The van der Waals surface area contributed by atoms with Crippen LogP contribution in [0.1, 0.15) is 19.4 Å². The topological polar surface area (TPSA) is 74.3 Å². The van der Waals surface area contributed by atoms with Gasteiger partial charge in [-0.1, -0.05) is 30.3 Å². The van der Waals surface area contributed by atoms with Crippen LogP contribution in [0, 0.1) is 0 Å². The van der Waals surface area contributed by atoms with Gasteiger partial charge in [0.25, 0.3) is 0 Å². The van der Waals surface area contributed by atoms with Gasteiger partial charge in [-0.3, -0.25) is 4.90 Å². The van der Waals surface area contributed by atoms with Crippen molar-refractivity contribution < 1.29 is 9.90 Å². The van der Waals surface area contributed by atoms with Crippen LogP contribution >= 0.6 is 0 Å². The van der Waals surface area contributed by atoms with E-state index in [4.69, 9.17) is 0 Å². The molecule has 3 aromatic carbocycles. The fourth-order valence-corrected chi connectivity index (χ4v) is 4.89. The maximum Gasteiger partial charge on any atom is 0.347 e. The first kappa shape index (κ1) is 25.5. The number of anilines is 3. The highest BCUT2D eigenvalue weighted by molar-refractivity contribution is 5.94. The second kappa shape index (κ2) is 11.5. The van der Waals surface area contributed by atoms with Gasteiger partial charge >= 0.3 is 6.03 Å². The number of hydrogen-bond donors (Lipinski definition) is 3. The number of aromatic hydroxyl groups is 1. The maximum absolute atomic E-state index is 13.4. The Morgan fingerprint density at radius 2 is 1.37 bits per heavy atom. The highest BCUT2D eigenvalue weighted by atomic mass is 16.3. The van der Waals surface area contributed by atoms with E-state index in [1.165, 1.54) is 5.56 Å². The van der Waals surface area contributed by atoms with Crippen molar-refractivity contribution in [3.63, 3.8) is 0 Å². The van der Waals surface area contributed by atoms with Gasteiger partial charge in [-0.25, -0.2) is 9.80 Å². The lowest BCUT2D eigenvalue weighted by Gasteiger charge is -2.39. The Kier molecular flexibility index (Phi) is 7.70. The smallest absolute Gasteiger partial charge is 0.347 e. The Labute approximate surface area is 224 Å². The van der Waals surface area contributed by atoms with Gasteiger partial charge in [0.05, 0.1) is 11.7 Å². The third-order valence-corrected chi connectivity index (χ3v) is 7.44. The number of hydrazine groups is 1. The van der Waals surface area contributed by atoms with E-state index in [0.717, 1.165) is 49.8 Å². The highest BCUT2D eigenvalue weighted by Crippen LogP contribution is 2.26. The van der Waals surface area contributed by atoms with Crippen molar-refractivity contribution in [2.75, 3.05) is 40.9 Å². The molecule has 2 aliphatic heterocycles. The van der Waals surface area contributed by atoms with Crippen LogP contribution < -0.4 is 25.4 Å². The van der Waals surface area contributed by atoms with E-state index in [2.05, 4.69) is 51.7 Å². The van der Waals surface area contributed by atoms with Crippen LogP contribution in [0.2, 0.25) is 0 Å². The first-order chi connectivity index (χ1) is 18.5. The van der Waals surface area contributed by atoms with E-state index >= 15 is 0 Å². The monoisotopic (exact) mass is 512 g/mol. The predicted octanol–water partition coefficient (Wildman–Crippen LogP) is 4.50. The van der Waals surface area contributed by atoms with Gasteiger partial charge in [-0.05, 0) is 67.9 Å². The predicted molar refractivity (Wildman–Crippen MR) is 153 cm³/mol. The summed E-state index contributed by atoms with van der Waals surface area (Å²) >= 11 is 0. The summed E-state index contributed by atoms with van der Waals surface area (Å²) in [6.07, 6.45) is 3.58. The summed E-state index contributed by atoms with van der Waals surface area (Å²) < 4.78 is 0. The summed E-state index contributed by atoms with van der Waals surface area (Å²) in [6, 6.07) is 25.8. The van der Waals surface area contributed by atoms with Crippen molar-refractivity contribution in [2.45, 2.75) is 32.5 Å². The van der Waals surface area contributed by atoms with Crippen LogP contribution in [-0.4, -0.2) is 54.4 Å². The molecule has 0 bridgehead atoms. The molecule has 2 heterocycles. The molecule has 3 N–H and O–H groups in total. The quantitative estimate of drug-likeness (QED) is 0.413. The number of phenolic OH excluding ortho intramolecular Hbond substituents is 1. The van der Waals surface area contributed by atoms with Crippen LogP contribution in [0.15, 0.2) is 91.3 Å². The van der Waals surface area contributed by atoms with Crippen LogP contribution in [0.5, 0.6) is 5.75 Å². The molecule has 1 fully saturated rings. The Balaban J connectivity index is 1.17. The van der Waals surface area contributed by atoms with Gasteiger partial charge in [0.2, 0.25) is 0 Å². The molecule has 0 spiro atoms. The molecule has 0 unspecified atom stereocenters. The van der Waals surface area contributed by atoms with E-state index in [0.29, 0.717) is 0 Å². The van der Waals surface area contributed by atoms with Crippen molar-refractivity contribution in [3.8, 4) is 5.75 Å². The molecule has 0 radical (unpaired) electrons. The Bertz CT molecular complexity index is 1220. The lowest BCUT2D eigenvalue weighted by molar-refractivity contribution is 0.146. The zero-order valence-electron chi connectivity index (χ0n) is 22.0. The lowest BCUT2D eigenvalue weighted by atomic mass is 10.1. The van der Waals surface area contributed by atoms with Crippen molar-refractivity contribution in [3.05, 3.63) is 96.8 Å². The van der Waals surface area contributed by atoms with Gasteiger partial charge in [0.1, 0.15) is 5.75 Å². The van der Waals surface area contributed by atoms with Crippen LogP contribution in [0.25, 0.3) is 0 Å². The molecule has 1 saturated heterocycles. The number of hydrogen-bond acceptors (Lipinski definition) is 6. The number of nitrogens with one attached hydrogen (secondary N) is 2. The number of nitrogens with zero attached hydrogens (tertiary/aromatic N) is 4. The third-order valence-electron chi connectivity index (χ3n) is 7.44. The summed E-state index contributed by atoms with van der Waals surface area (Å²) in [5, 5.41) is 14.8. The number of carbonyl (C=O) groups is 1. The minimum atomic E-state index is -0.108. The van der Waals surface area contributed by atoms with Crippen LogP contribution in [0.3, 0.4) is 0 Å². The third kappa shape index (κ3) is 5.70. The molecule has 38 heavy (non-hydrogen) atoms. The Morgan fingerprint density at radius 3 is 1.97 bits per heavy atom. The normalized spacial score (nSPS) is 17.4. The first-order valence-corrected chi connectivity index (χ1v) is 13.2. The van der Waals surface area contributed by atoms with Gasteiger partial charge in [0.15, 0.2) is 0 Å². The number of urea groups is 1. The molecular formula is C30H36N6O2. The number of piperazine rings is 1. The minimum Gasteiger partial charge on any atom is -0.508 e. The summed E-state index contributed by atoms with van der Waals surface area (Å²) in [5.74, 6) is 0.289. The van der Waals surface area contributed by atoms with E-state index in [1.54, 1.807) is 34.4 Å². The zero-order chi connectivity index (χ0) is 26.5. The Hall–Kier alpha value is -4.17. The second-order valence-corrected chi connectivity index (χ2v) is 9.87. The average Bonchev–Trinajstić information content (AvgIpc) is 2.97. The van der Waals surface area contributed by atoms with E-state index < -0.39 is 0 Å². The van der Waals surface area contributed by atoms with Crippen molar-refractivity contribution >= 4 is 23.1 Å². The fourth-order valence-electron chi connectivity index (χ4n) is 4.89. The average molecular weight is 513 g/mol. The first-order valence-electron chi connectivity index (χ1n) is 13.2. The molecule has 0 saturated carbocycles. The maximum atomic E-state index is 13.4. The van der Waals surface area contributed by atoms with Crippen molar-refractivity contribution in [2.24, 2.45) is 0 Å². The van der Waals surface area contributed by atoms with Gasteiger partial charge in [-0.2, -0.15) is 0 Å². The summed E-state index contributed by atoms with van der Waals surface area (Å²) in [6.45, 7) is 8.54. The van der Waals surface area contributed by atoms with Gasteiger partial charge < -0.3 is 25.6 Å². The molecule has 2 atom stereocenters. The number of rotatable bonds is 8. The standard InChI is InChI=1S/C30H36N6O2/c1-23(31-22-25-6-4-3-5-7-25)24(2)36-30(38)35(17-16-32-36)28-10-8-26(9-11-28)33-18-20-34(21-19-33)27-12-14-29(37)15-13-27/h3-17,23-24,31-32,37H,18-22H2,1-2H3/t23-,24+/m0/s1. The molecule has 198 valence electrons. The molecule has 2 amide bonds. The number of phenols is 1. The molecule has 0 aromatic heterocycles. The lowest BCUT2D eigenvalue weighted by Crippen LogP contribution is -2.59. The molecule has 0 aliphatic carbocycles. The highest BCUT2D eigenvalue weighted by Gasteiger charge is 2.30. The van der Waals surface area contributed by atoms with E-state index in [9.17, 15) is 9.90 Å². The summed E-state index contributed by atoms with van der Waals surface area (Å²) in [5.41, 5.74) is 7.45. The number of benzene rings is 3. The SMILES string of the molecule is C[C@H](NCc1ccccc1)[C@@H](C)N1NC=CN(c2ccc(N3CCN(c4ccc(O)cc4)CC3)cc2)C1=O. The molecular weight excluding hydrogens is 476 g/mol. The fraction of sp³-hybridized carbons (Fsp3) is 0.300. The van der Waals surface area contributed by atoms with E-state index in [1.807, 2.05) is 49.4 Å². The van der Waals surface area contributed by atoms with E-state index in [-0.39, 0.29) is 23.9 Å². The zero-order valence-corrected chi connectivity index (χ0v) is 22.0. The van der Waals surface area contributed by atoms with Crippen molar-refractivity contribution in [1.29, 1.82) is 0 Å².